The summed E-state index contributed by atoms with van der Waals surface area (Å²) in [5.74, 6) is 0.240. The topological polar surface area (TPSA) is 71.5 Å². The standard InChI is InChI=1S/C26H33NO4S2/c28-32(29)18-25(27-14-12-21(13-15-27)16-20-6-2-1-3-7-20)26(19-32)33(30,31)24-11-10-22-8-4-5-9-23(22)17-24/h1-3,6-7,10-11,17,21,25-26H,4-5,8-9,12-16,18-19H2/t25-,26-/m0/s1. The average molecular weight is 488 g/mol. The minimum Gasteiger partial charge on any atom is -0.298 e. The highest BCUT2D eigenvalue weighted by molar-refractivity contribution is 7.96. The zero-order valence-corrected chi connectivity index (χ0v) is 20.7. The first kappa shape index (κ1) is 23.1. The van der Waals surface area contributed by atoms with Crippen molar-refractivity contribution in [3.05, 3.63) is 65.2 Å². The molecule has 0 amide bonds. The van der Waals surface area contributed by atoms with Gasteiger partial charge in [-0.15, -0.1) is 0 Å². The number of benzene rings is 2. The molecule has 5 nitrogen and oxygen atoms in total. The Hall–Kier alpha value is -1.70. The second kappa shape index (κ2) is 9.16. The van der Waals surface area contributed by atoms with Gasteiger partial charge in [0.2, 0.25) is 0 Å². The predicted molar refractivity (Wildman–Crippen MR) is 131 cm³/mol. The minimum atomic E-state index is -3.72. The molecule has 2 saturated heterocycles. The summed E-state index contributed by atoms with van der Waals surface area (Å²) >= 11 is 0. The number of sulfone groups is 2. The summed E-state index contributed by atoms with van der Waals surface area (Å²) in [6, 6.07) is 15.5. The summed E-state index contributed by atoms with van der Waals surface area (Å²) in [5, 5.41) is -0.880. The second-order valence-electron chi connectivity index (χ2n) is 10.0. The fraction of sp³-hybridized carbons (Fsp3) is 0.538. The van der Waals surface area contributed by atoms with Gasteiger partial charge in [0.1, 0.15) is 0 Å². The van der Waals surface area contributed by atoms with Crippen molar-refractivity contribution in [3.63, 3.8) is 0 Å². The third-order valence-corrected chi connectivity index (χ3v) is 11.9. The van der Waals surface area contributed by atoms with Gasteiger partial charge in [0, 0.05) is 6.04 Å². The van der Waals surface area contributed by atoms with E-state index >= 15 is 0 Å². The summed E-state index contributed by atoms with van der Waals surface area (Å²) in [5.41, 5.74) is 3.67. The fourth-order valence-corrected chi connectivity index (χ4v) is 10.8. The van der Waals surface area contributed by atoms with Gasteiger partial charge in [-0.2, -0.15) is 0 Å². The molecule has 178 valence electrons. The quantitative estimate of drug-likeness (QED) is 0.646. The van der Waals surface area contributed by atoms with Crippen LogP contribution < -0.4 is 0 Å². The lowest BCUT2D eigenvalue weighted by atomic mass is 9.89. The van der Waals surface area contributed by atoms with E-state index in [0.29, 0.717) is 10.8 Å². The van der Waals surface area contributed by atoms with Gasteiger partial charge < -0.3 is 0 Å². The van der Waals surface area contributed by atoms with Crippen molar-refractivity contribution in [2.45, 2.75) is 61.1 Å². The molecule has 0 radical (unpaired) electrons. The molecular weight excluding hydrogens is 454 g/mol. The Morgan fingerprint density at radius 2 is 1.58 bits per heavy atom. The molecule has 33 heavy (non-hydrogen) atoms. The van der Waals surface area contributed by atoms with Crippen LogP contribution >= 0.6 is 0 Å². The van der Waals surface area contributed by atoms with Crippen molar-refractivity contribution in [2.24, 2.45) is 5.92 Å². The zero-order valence-electron chi connectivity index (χ0n) is 19.0. The van der Waals surface area contributed by atoms with Gasteiger partial charge in [-0.1, -0.05) is 36.4 Å². The van der Waals surface area contributed by atoms with Gasteiger partial charge in [-0.25, -0.2) is 16.8 Å². The maximum absolute atomic E-state index is 13.7. The van der Waals surface area contributed by atoms with Crippen molar-refractivity contribution in [2.75, 3.05) is 24.6 Å². The first-order valence-corrected chi connectivity index (χ1v) is 15.5. The molecule has 1 aliphatic carbocycles. The number of likely N-dealkylation sites (tertiary alicyclic amines) is 1. The van der Waals surface area contributed by atoms with E-state index in [2.05, 4.69) is 29.2 Å². The second-order valence-corrected chi connectivity index (χ2v) is 14.4. The summed E-state index contributed by atoms with van der Waals surface area (Å²) in [6.45, 7) is 1.52. The van der Waals surface area contributed by atoms with Crippen molar-refractivity contribution in [3.8, 4) is 0 Å². The summed E-state index contributed by atoms with van der Waals surface area (Å²) in [6.07, 6.45) is 7.08. The Morgan fingerprint density at radius 1 is 0.879 bits per heavy atom. The van der Waals surface area contributed by atoms with E-state index in [4.69, 9.17) is 0 Å². The Labute approximate surface area is 198 Å². The van der Waals surface area contributed by atoms with Crippen LogP contribution in [0.5, 0.6) is 0 Å². The highest BCUT2D eigenvalue weighted by Crippen LogP contribution is 2.33. The van der Waals surface area contributed by atoms with Crippen LogP contribution in [0, 0.1) is 5.92 Å². The molecule has 2 atom stereocenters. The van der Waals surface area contributed by atoms with Crippen molar-refractivity contribution in [1.29, 1.82) is 0 Å². The first-order chi connectivity index (χ1) is 15.8. The van der Waals surface area contributed by atoms with Crippen molar-refractivity contribution in [1.82, 2.24) is 4.90 Å². The summed E-state index contributed by atoms with van der Waals surface area (Å²) in [4.78, 5) is 2.45. The van der Waals surface area contributed by atoms with E-state index in [1.807, 2.05) is 18.2 Å². The third-order valence-electron chi connectivity index (χ3n) is 7.80. The van der Waals surface area contributed by atoms with Crippen LogP contribution in [-0.2, 0) is 38.9 Å². The summed E-state index contributed by atoms with van der Waals surface area (Å²) in [7, 11) is -7.11. The van der Waals surface area contributed by atoms with Crippen LogP contribution in [-0.4, -0.2) is 57.6 Å². The van der Waals surface area contributed by atoms with E-state index in [-0.39, 0.29) is 11.5 Å². The smallest absolute Gasteiger partial charge is 0.183 e. The zero-order chi connectivity index (χ0) is 23.1. The van der Waals surface area contributed by atoms with Gasteiger partial charge in [0.05, 0.1) is 21.7 Å². The lowest BCUT2D eigenvalue weighted by Crippen LogP contribution is -2.49. The van der Waals surface area contributed by atoms with Gasteiger partial charge in [0.25, 0.3) is 0 Å². The largest absolute Gasteiger partial charge is 0.298 e. The Bertz CT molecular complexity index is 1200. The fourth-order valence-electron chi connectivity index (χ4n) is 5.93. The van der Waals surface area contributed by atoms with Crippen molar-refractivity contribution < 1.29 is 16.8 Å². The molecule has 0 bridgehead atoms. The third kappa shape index (κ3) is 4.91. The molecule has 2 aromatic rings. The molecule has 2 fully saturated rings. The predicted octanol–water partition coefficient (Wildman–Crippen LogP) is 3.46. The van der Waals surface area contributed by atoms with Crippen LogP contribution in [0.2, 0.25) is 0 Å². The van der Waals surface area contributed by atoms with Gasteiger partial charge in [0.15, 0.2) is 19.7 Å². The first-order valence-electron chi connectivity index (χ1n) is 12.2. The molecule has 0 N–H and O–H groups in total. The molecule has 0 spiro atoms. The molecule has 2 aliphatic heterocycles. The normalized spacial score (nSPS) is 26.2. The Morgan fingerprint density at radius 3 is 2.30 bits per heavy atom. The van der Waals surface area contributed by atoms with E-state index in [1.54, 1.807) is 6.07 Å². The monoisotopic (exact) mass is 487 g/mol. The number of nitrogens with zero attached hydrogens (tertiary/aromatic N) is 1. The lowest BCUT2D eigenvalue weighted by Gasteiger charge is -2.37. The number of aryl methyl sites for hydroxylation is 2. The van der Waals surface area contributed by atoms with Crippen LogP contribution in [0.1, 0.15) is 42.4 Å². The Balaban J connectivity index is 1.33. The number of fused-ring (bicyclic) bond motifs is 1. The average Bonchev–Trinajstić information content (AvgIpc) is 3.16. The van der Waals surface area contributed by atoms with E-state index < -0.39 is 31.0 Å². The SMILES string of the molecule is O=S1(=O)C[C@H](N2CCC(Cc3ccccc3)CC2)[C@@H](S(=O)(=O)c2ccc3c(c2)CCCC3)C1. The Kier molecular flexibility index (Phi) is 6.40. The molecule has 5 rings (SSSR count). The number of hydrogen-bond donors (Lipinski definition) is 0. The molecule has 7 heteroatoms. The van der Waals surface area contributed by atoms with Crippen LogP contribution in [0.3, 0.4) is 0 Å². The van der Waals surface area contributed by atoms with Crippen LogP contribution in [0.25, 0.3) is 0 Å². The highest BCUT2D eigenvalue weighted by atomic mass is 32.2. The molecule has 2 aromatic carbocycles. The maximum Gasteiger partial charge on any atom is 0.183 e. The molecule has 0 unspecified atom stereocenters. The molecular formula is C26H33NO4S2. The molecule has 3 aliphatic rings. The number of rotatable bonds is 5. The highest BCUT2D eigenvalue weighted by Gasteiger charge is 2.48. The van der Waals surface area contributed by atoms with Crippen molar-refractivity contribution >= 4 is 19.7 Å². The molecule has 0 saturated carbocycles. The molecule has 0 aromatic heterocycles. The number of hydrogen-bond acceptors (Lipinski definition) is 5. The lowest BCUT2D eigenvalue weighted by molar-refractivity contribution is 0.144. The molecule has 2 heterocycles. The van der Waals surface area contributed by atoms with E-state index in [9.17, 15) is 16.8 Å². The van der Waals surface area contributed by atoms with E-state index in [0.717, 1.165) is 63.6 Å². The van der Waals surface area contributed by atoms with Gasteiger partial charge in [-0.05, 0) is 92.8 Å². The van der Waals surface area contributed by atoms with Crippen LogP contribution in [0.4, 0.5) is 0 Å². The van der Waals surface area contributed by atoms with Crippen LogP contribution in [0.15, 0.2) is 53.4 Å². The van der Waals surface area contributed by atoms with E-state index in [1.165, 1.54) is 11.1 Å². The van der Waals surface area contributed by atoms with Gasteiger partial charge >= 0.3 is 0 Å². The maximum atomic E-state index is 13.7. The number of piperidine rings is 1. The minimum absolute atomic E-state index is 0.0504. The van der Waals surface area contributed by atoms with Gasteiger partial charge in [-0.3, -0.25) is 4.90 Å². The summed E-state index contributed by atoms with van der Waals surface area (Å²) < 4.78 is 52.6.